The topological polar surface area (TPSA) is 67.6 Å². The van der Waals surface area contributed by atoms with Crippen molar-refractivity contribution < 1.29 is 4.74 Å². The molecule has 1 atom stereocenters. The van der Waals surface area contributed by atoms with Crippen LogP contribution in [0.25, 0.3) is 5.82 Å². The average Bonchev–Trinajstić information content (AvgIpc) is 3.41. The molecule has 0 spiro atoms. The summed E-state index contributed by atoms with van der Waals surface area (Å²) in [5.41, 5.74) is 4.53. The normalized spacial score (nSPS) is 16.6. The number of hydrogen-bond acceptors (Lipinski definition) is 4. The number of benzene rings is 1. The van der Waals surface area contributed by atoms with Crippen molar-refractivity contribution in [3.05, 3.63) is 71.2 Å². The van der Waals surface area contributed by atoms with Crippen LogP contribution in [0.1, 0.15) is 34.9 Å². The number of rotatable bonds is 5. The highest BCUT2D eigenvalue weighted by Gasteiger charge is 2.26. The smallest absolute Gasteiger partial charge is 0.193 e. The molecular formula is C24H30N6O. The maximum absolute atomic E-state index is 5.27. The van der Waals surface area contributed by atoms with Crippen molar-refractivity contribution in [2.45, 2.75) is 32.7 Å². The van der Waals surface area contributed by atoms with E-state index in [0.29, 0.717) is 12.5 Å². The van der Waals surface area contributed by atoms with Gasteiger partial charge in [0, 0.05) is 44.5 Å². The second kappa shape index (κ2) is 9.20. The summed E-state index contributed by atoms with van der Waals surface area (Å²) in [6, 6.07) is 14.5. The van der Waals surface area contributed by atoms with E-state index in [2.05, 4.69) is 49.6 Å². The molecule has 0 aliphatic carbocycles. The molecule has 1 unspecified atom stereocenters. The fourth-order valence-electron chi connectivity index (χ4n) is 4.12. The minimum Gasteiger partial charge on any atom is -0.497 e. The lowest BCUT2D eigenvalue weighted by molar-refractivity contribution is 0.414. The Bertz CT molecular complexity index is 1040. The van der Waals surface area contributed by atoms with Gasteiger partial charge in [-0.3, -0.25) is 4.99 Å². The van der Waals surface area contributed by atoms with Crippen LogP contribution in [0.2, 0.25) is 0 Å². The fraction of sp³-hybridized carbons (Fsp3) is 0.375. The van der Waals surface area contributed by atoms with E-state index in [1.54, 1.807) is 7.11 Å². The van der Waals surface area contributed by atoms with E-state index in [9.17, 15) is 0 Å². The number of aryl methyl sites for hydroxylation is 2. The second-order valence-electron chi connectivity index (χ2n) is 7.97. The molecule has 1 aliphatic rings. The van der Waals surface area contributed by atoms with Crippen molar-refractivity contribution in [1.82, 2.24) is 25.0 Å². The lowest BCUT2D eigenvalue weighted by atomic mass is 9.98. The molecule has 1 N–H and O–H groups in total. The first kappa shape index (κ1) is 20.9. The third kappa shape index (κ3) is 4.71. The van der Waals surface area contributed by atoms with Gasteiger partial charge in [0.1, 0.15) is 5.75 Å². The van der Waals surface area contributed by atoms with E-state index in [-0.39, 0.29) is 0 Å². The number of methoxy groups -OCH3 is 1. The maximum Gasteiger partial charge on any atom is 0.193 e. The van der Waals surface area contributed by atoms with Gasteiger partial charge in [-0.25, -0.2) is 9.67 Å². The van der Waals surface area contributed by atoms with Crippen LogP contribution >= 0.6 is 0 Å². The predicted octanol–water partition coefficient (Wildman–Crippen LogP) is 3.46. The van der Waals surface area contributed by atoms with Crippen LogP contribution < -0.4 is 10.1 Å². The number of hydrogen-bond donors (Lipinski definition) is 1. The first-order valence-electron chi connectivity index (χ1n) is 10.7. The molecule has 31 heavy (non-hydrogen) atoms. The number of nitrogens with one attached hydrogen (secondary N) is 1. The molecule has 3 heterocycles. The number of nitrogens with zero attached hydrogens (tertiary/aromatic N) is 5. The molecule has 1 fully saturated rings. The zero-order chi connectivity index (χ0) is 21.8. The standard InChI is InChI=1S/C24H30N6O/c1-17-13-18(2)30(28-17)23-10-5-19(14-26-23)15-27-24(25-3)29-12-11-21(16-29)20-6-8-22(31-4)9-7-20/h5-10,13-14,21H,11-12,15-16H2,1-4H3,(H,25,27). The van der Waals surface area contributed by atoms with Gasteiger partial charge in [-0.05, 0) is 55.7 Å². The molecule has 1 saturated heterocycles. The Morgan fingerprint density at radius 3 is 2.61 bits per heavy atom. The zero-order valence-electron chi connectivity index (χ0n) is 18.7. The Kier molecular flexibility index (Phi) is 6.21. The molecule has 1 aliphatic heterocycles. The molecule has 0 bridgehead atoms. The Balaban J connectivity index is 1.35. The number of likely N-dealkylation sites (tertiary alicyclic amines) is 1. The molecule has 3 aromatic rings. The predicted molar refractivity (Wildman–Crippen MR) is 123 cm³/mol. The molecule has 0 radical (unpaired) electrons. The highest BCUT2D eigenvalue weighted by atomic mass is 16.5. The molecule has 4 rings (SSSR count). The van der Waals surface area contributed by atoms with Crippen LogP contribution in [0.5, 0.6) is 5.75 Å². The molecule has 0 saturated carbocycles. The van der Waals surface area contributed by atoms with Crippen LogP contribution in [-0.4, -0.2) is 52.9 Å². The molecule has 7 heteroatoms. The van der Waals surface area contributed by atoms with Gasteiger partial charge in [0.25, 0.3) is 0 Å². The lowest BCUT2D eigenvalue weighted by Gasteiger charge is -2.22. The lowest BCUT2D eigenvalue weighted by Crippen LogP contribution is -2.39. The minimum atomic E-state index is 0.506. The summed E-state index contributed by atoms with van der Waals surface area (Å²) in [6.45, 7) is 6.66. The number of aromatic nitrogens is 3. The van der Waals surface area contributed by atoms with E-state index >= 15 is 0 Å². The van der Waals surface area contributed by atoms with Crippen molar-refractivity contribution in [1.29, 1.82) is 0 Å². The Morgan fingerprint density at radius 2 is 2.00 bits per heavy atom. The van der Waals surface area contributed by atoms with Crippen LogP contribution in [0, 0.1) is 13.8 Å². The van der Waals surface area contributed by atoms with Gasteiger partial charge < -0.3 is 15.0 Å². The molecular weight excluding hydrogens is 388 g/mol. The van der Waals surface area contributed by atoms with Gasteiger partial charge in [0.15, 0.2) is 11.8 Å². The summed E-state index contributed by atoms with van der Waals surface area (Å²) >= 11 is 0. The summed E-state index contributed by atoms with van der Waals surface area (Å²) in [5, 5.41) is 7.98. The molecule has 162 valence electrons. The highest BCUT2D eigenvalue weighted by molar-refractivity contribution is 5.80. The first-order valence-corrected chi connectivity index (χ1v) is 10.7. The fourth-order valence-corrected chi connectivity index (χ4v) is 4.12. The van der Waals surface area contributed by atoms with E-state index in [1.807, 2.05) is 50.0 Å². The first-order chi connectivity index (χ1) is 15.1. The Labute approximate surface area is 183 Å². The maximum atomic E-state index is 5.27. The minimum absolute atomic E-state index is 0.506. The van der Waals surface area contributed by atoms with Gasteiger partial charge in [-0.2, -0.15) is 5.10 Å². The summed E-state index contributed by atoms with van der Waals surface area (Å²) in [5.74, 6) is 3.17. The van der Waals surface area contributed by atoms with Gasteiger partial charge >= 0.3 is 0 Å². The van der Waals surface area contributed by atoms with Crippen LogP contribution in [0.4, 0.5) is 0 Å². The quantitative estimate of drug-likeness (QED) is 0.508. The molecule has 1 aromatic carbocycles. The van der Waals surface area contributed by atoms with Crippen LogP contribution in [0.15, 0.2) is 53.7 Å². The van der Waals surface area contributed by atoms with Crippen molar-refractivity contribution in [2.75, 3.05) is 27.2 Å². The van der Waals surface area contributed by atoms with Crippen molar-refractivity contribution in [2.24, 2.45) is 4.99 Å². The zero-order valence-corrected chi connectivity index (χ0v) is 18.7. The number of pyridine rings is 1. The SMILES string of the molecule is CN=C(NCc1ccc(-n2nc(C)cc2C)nc1)N1CCC(c2ccc(OC)cc2)C1. The largest absolute Gasteiger partial charge is 0.497 e. The summed E-state index contributed by atoms with van der Waals surface area (Å²) in [4.78, 5) is 11.4. The second-order valence-corrected chi connectivity index (χ2v) is 7.97. The Hall–Kier alpha value is -3.35. The van der Waals surface area contributed by atoms with E-state index in [0.717, 1.165) is 54.0 Å². The third-order valence-corrected chi connectivity index (χ3v) is 5.77. The van der Waals surface area contributed by atoms with E-state index in [4.69, 9.17) is 4.74 Å². The summed E-state index contributed by atoms with van der Waals surface area (Å²) < 4.78 is 7.14. The number of aliphatic imine (C=N–C) groups is 1. The van der Waals surface area contributed by atoms with Gasteiger partial charge in [-0.1, -0.05) is 18.2 Å². The van der Waals surface area contributed by atoms with Crippen molar-refractivity contribution in [3.63, 3.8) is 0 Å². The molecule has 7 nitrogen and oxygen atoms in total. The molecule has 2 aromatic heterocycles. The van der Waals surface area contributed by atoms with Gasteiger partial charge in [0.2, 0.25) is 0 Å². The van der Waals surface area contributed by atoms with E-state index in [1.165, 1.54) is 5.56 Å². The van der Waals surface area contributed by atoms with E-state index < -0.39 is 0 Å². The third-order valence-electron chi connectivity index (χ3n) is 5.77. The van der Waals surface area contributed by atoms with Crippen LogP contribution in [-0.2, 0) is 6.54 Å². The summed E-state index contributed by atoms with van der Waals surface area (Å²) in [7, 11) is 3.54. The number of ether oxygens (including phenoxy) is 1. The molecule has 0 amide bonds. The van der Waals surface area contributed by atoms with Crippen molar-refractivity contribution in [3.8, 4) is 11.6 Å². The highest BCUT2D eigenvalue weighted by Crippen LogP contribution is 2.28. The van der Waals surface area contributed by atoms with Gasteiger partial charge in [0.05, 0.1) is 12.8 Å². The van der Waals surface area contributed by atoms with Crippen molar-refractivity contribution >= 4 is 5.96 Å². The Morgan fingerprint density at radius 1 is 1.19 bits per heavy atom. The van der Waals surface area contributed by atoms with Crippen LogP contribution in [0.3, 0.4) is 0 Å². The number of guanidine groups is 1. The average molecular weight is 419 g/mol. The monoisotopic (exact) mass is 418 g/mol. The van der Waals surface area contributed by atoms with Gasteiger partial charge in [-0.15, -0.1) is 0 Å². The summed E-state index contributed by atoms with van der Waals surface area (Å²) in [6.07, 6.45) is 3.02.